The molecule has 0 radical (unpaired) electrons. The van der Waals surface area contributed by atoms with Crippen LogP contribution in [-0.2, 0) is 6.54 Å². The Kier molecular flexibility index (Phi) is 4.59. The second-order valence-electron chi connectivity index (χ2n) is 5.77. The molecule has 0 unspecified atom stereocenters. The summed E-state index contributed by atoms with van der Waals surface area (Å²) in [5, 5.41) is 10.2. The number of hydrogen-bond donors (Lipinski definition) is 3. The van der Waals surface area contributed by atoms with Crippen LogP contribution in [0.4, 0.5) is 5.82 Å². The number of nitrogen functional groups attached to an aromatic ring is 1. The normalized spacial score (nSPS) is 19.5. The summed E-state index contributed by atoms with van der Waals surface area (Å²) in [4.78, 5) is 23.2. The molecule has 1 aliphatic heterocycles. The predicted octanol–water partition coefficient (Wildman–Crippen LogP) is 0.311. The zero-order valence-corrected chi connectivity index (χ0v) is 12.9. The number of aromatic amines is 1. The molecule has 2 aromatic heterocycles. The standard InChI is InChI=1S/C16H21N5O2/c17-15-12(3-1-6-19-15)9-20-7-8-21(11-13(22)10-20)16(23)14-4-2-5-18-14/h1-6,13,18,22H,7-11H2,(H2,17,19)/t13-/m1/s1. The van der Waals surface area contributed by atoms with Crippen LogP contribution in [0.25, 0.3) is 0 Å². The smallest absolute Gasteiger partial charge is 0.270 e. The Bertz CT molecular complexity index is 658. The number of carbonyl (C=O) groups excluding carboxylic acids is 1. The molecule has 0 saturated carbocycles. The minimum atomic E-state index is -0.589. The van der Waals surface area contributed by atoms with Crippen LogP contribution in [0.5, 0.6) is 0 Å². The molecule has 0 spiro atoms. The third-order valence-corrected chi connectivity index (χ3v) is 4.02. The van der Waals surface area contributed by atoms with Crippen LogP contribution in [0.15, 0.2) is 36.7 Å². The average molecular weight is 315 g/mol. The van der Waals surface area contributed by atoms with Gasteiger partial charge in [-0.2, -0.15) is 0 Å². The molecule has 0 bridgehead atoms. The summed E-state index contributed by atoms with van der Waals surface area (Å²) >= 11 is 0. The highest BCUT2D eigenvalue weighted by molar-refractivity contribution is 5.92. The molecule has 4 N–H and O–H groups in total. The summed E-state index contributed by atoms with van der Waals surface area (Å²) in [7, 11) is 0. The van der Waals surface area contributed by atoms with Gasteiger partial charge in [0, 0.05) is 50.7 Å². The van der Waals surface area contributed by atoms with E-state index in [2.05, 4.69) is 14.9 Å². The molecular weight excluding hydrogens is 294 g/mol. The Hall–Kier alpha value is -2.38. The van der Waals surface area contributed by atoms with Gasteiger partial charge < -0.3 is 20.7 Å². The molecule has 3 heterocycles. The van der Waals surface area contributed by atoms with E-state index >= 15 is 0 Å². The van der Waals surface area contributed by atoms with Gasteiger partial charge in [0.25, 0.3) is 5.91 Å². The molecule has 1 aliphatic rings. The third kappa shape index (κ3) is 3.69. The van der Waals surface area contributed by atoms with E-state index in [4.69, 9.17) is 5.73 Å². The first-order chi connectivity index (χ1) is 11.1. The van der Waals surface area contributed by atoms with E-state index in [1.54, 1.807) is 29.4 Å². The number of nitrogens with zero attached hydrogens (tertiary/aromatic N) is 3. The Morgan fingerprint density at radius 2 is 2.22 bits per heavy atom. The molecule has 2 aromatic rings. The van der Waals surface area contributed by atoms with Crippen molar-refractivity contribution < 1.29 is 9.90 Å². The van der Waals surface area contributed by atoms with E-state index in [9.17, 15) is 9.90 Å². The zero-order chi connectivity index (χ0) is 16.2. The van der Waals surface area contributed by atoms with Crippen molar-refractivity contribution in [2.45, 2.75) is 12.6 Å². The van der Waals surface area contributed by atoms with Crippen molar-refractivity contribution in [3.05, 3.63) is 47.9 Å². The van der Waals surface area contributed by atoms with Gasteiger partial charge in [0.1, 0.15) is 11.5 Å². The maximum Gasteiger partial charge on any atom is 0.270 e. The zero-order valence-electron chi connectivity index (χ0n) is 12.9. The molecule has 7 nitrogen and oxygen atoms in total. The maximum absolute atomic E-state index is 12.4. The van der Waals surface area contributed by atoms with Crippen LogP contribution in [0.2, 0.25) is 0 Å². The molecule has 23 heavy (non-hydrogen) atoms. The summed E-state index contributed by atoms with van der Waals surface area (Å²) in [6, 6.07) is 7.31. The van der Waals surface area contributed by atoms with Gasteiger partial charge in [0.15, 0.2) is 0 Å². The number of hydrogen-bond acceptors (Lipinski definition) is 5. The summed E-state index contributed by atoms with van der Waals surface area (Å²) in [5.41, 5.74) is 7.36. The van der Waals surface area contributed by atoms with Gasteiger partial charge in [-0.25, -0.2) is 4.98 Å². The van der Waals surface area contributed by atoms with Crippen LogP contribution in [-0.4, -0.2) is 63.1 Å². The molecule has 0 aliphatic carbocycles. The van der Waals surface area contributed by atoms with Crippen molar-refractivity contribution in [3.63, 3.8) is 0 Å². The largest absolute Gasteiger partial charge is 0.390 e. The van der Waals surface area contributed by atoms with Gasteiger partial charge in [-0.05, 0) is 18.2 Å². The number of β-amino-alcohol motifs (C(OH)–C–C–N with tert-alkyl or cyclic N) is 1. The summed E-state index contributed by atoms with van der Waals surface area (Å²) in [6.07, 6.45) is 2.79. The van der Waals surface area contributed by atoms with E-state index in [1.807, 2.05) is 12.1 Å². The van der Waals surface area contributed by atoms with Crippen LogP contribution < -0.4 is 5.73 Å². The molecule has 1 atom stereocenters. The number of aromatic nitrogens is 2. The van der Waals surface area contributed by atoms with Gasteiger partial charge in [-0.1, -0.05) is 6.07 Å². The van der Waals surface area contributed by atoms with Crippen LogP contribution in [0, 0.1) is 0 Å². The minimum Gasteiger partial charge on any atom is -0.390 e. The van der Waals surface area contributed by atoms with Gasteiger partial charge >= 0.3 is 0 Å². The highest BCUT2D eigenvalue weighted by atomic mass is 16.3. The lowest BCUT2D eigenvalue weighted by molar-refractivity contribution is 0.0658. The van der Waals surface area contributed by atoms with Crippen molar-refractivity contribution in [2.75, 3.05) is 31.9 Å². The van der Waals surface area contributed by atoms with Crippen molar-refractivity contribution >= 4 is 11.7 Å². The second-order valence-corrected chi connectivity index (χ2v) is 5.77. The molecule has 1 saturated heterocycles. The van der Waals surface area contributed by atoms with E-state index < -0.39 is 6.10 Å². The molecule has 7 heteroatoms. The summed E-state index contributed by atoms with van der Waals surface area (Å²) in [6.45, 7) is 2.69. The van der Waals surface area contributed by atoms with Gasteiger partial charge in [-0.3, -0.25) is 9.69 Å². The number of rotatable bonds is 3. The van der Waals surface area contributed by atoms with Crippen molar-refractivity contribution in [2.24, 2.45) is 0 Å². The number of pyridine rings is 1. The second kappa shape index (κ2) is 6.80. The lowest BCUT2D eigenvalue weighted by Crippen LogP contribution is -2.37. The molecular formula is C16H21N5O2. The fourth-order valence-corrected chi connectivity index (χ4v) is 2.84. The highest BCUT2D eigenvalue weighted by Crippen LogP contribution is 2.14. The van der Waals surface area contributed by atoms with Crippen molar-refractivity contribution in [1.29, 1.82) is 0 Å². The number of aliphatic hydroxyl groups is 1. The van der Waals surface area contributed by atoms with Crippen LogP contribution in [0.1, 0.15) is 16.1 Å². The molecule has 122 valence electrons. The fourth-order valence-electron chi connectivity index (χ4n) is 2.84. The highest BCUT2D eigenvalue weighted by Gasteiger charge is 2.25. The fraction of sp³-hybridized carbons (Fsp3) is 0.375. The maximum atomic E-state index is 12.4. The van der Waals surface area contributed by atoms with E-state index in [0.29, 0.717) is 44.2 Å². The lowest BCUT2D eigenvalue weighted by atomic mass is 10.2. The molecule has 1 fully saturated rings. The Balaban J connectivity index is 1.66. The Labute approximate surface area is 134 Å². The number of H-pyrrole nitrogens is 1. The van der Waals surface area contributed by atoms with Crippen LogP contribution in [0.3, 0.4) is 0 Å². The van der Waals surface area contributed by atoms with Crippen molar-refractivity contribution in [3.8, 4) is 0 Å². The van der Waals surface area contributed by atoms with E-state index in [-0.39, 0.29) is 5.91 Å². The van der Waals surface area contributed by atoms with E-state index in [0.717, 1.165) is 5.56 Å². The first-order valence-electron chi connectivity index (χ1n) is 7.66. The first kappa shape index (κ1) is 15.5. The number of aliphatic hydroxyl groups excluding tert-OH is 1. The topological polar surface area (TPSA) is 98.5 Å². The summed E-state index contributed by atoms with van der Waals surface area (Å²) < 4.78 is 0. The number of nitrogens with one attached hydrogen (secondary N) is 1. The van der Waals surface area contributed by atoms with Crippen molar-refractivity contribution in [1.82, 2.24) is 19.8 Å². The third-order valence-electron chi connectivity index (χ3n) is 4.02. The Morgan fingerprint density at radius 1 is 1.35 bits per heavy atom. The average Bonchev–Trinajstić information content (AvgIpc) is 3.00. The minimum absolute atomic E-state index is 0.0863. The number of nitrogens with two attached hydrogens (primary N) is 1. The van der Waals surface area contributed by atoms with Gasteiger partial charge in [0.2, 0.25) is 0 Å². The molecule has 1 amide bonds. The lowest BCUT2D eigenvalue weighted by Gasteiger charge is -2.21. The monoisotopic (exact) mass is 315 g/mol. The predicted molar refractivity (Wildman–Crippen MR) is 86.6 cm³/mol. The SMILES string of the molecule is Nc1ncccc1CN1CCN(C(=O)c2ccc[nH]2)C[C@H](O)C1. The Morgan fingerprint density at radius 3 is 2.96 bits per heavy atom. The first-order valence-corrected chi connectivity index (χ1v) is 7.66. The molecule has 3 rings (SSSR count). The van der Waals surface area contributed by atoms with E-state index in [1.165, 1.54) is 0 Å². The number of amides is 1. The molecule has 0 aromatic carbocycles. The summed E-state index contributed by atoms with van der Waals surface area (Å²) in [5.74, 6) is 0.419. The van der Waals surface area contributed by atoms with Gasteiger partial charge in [0.05, 0.1) is 6.10 Å². The number of anilines is 1. The number of carbonyl (C=O) groups is 1. The quantitative estimate of drug-likeness (QED) is 0.757. The van der Waals surface area contributed by atoms with Crippen LogP contribution >= 0.6 is 0 Å². The van der Waals surface area contributed by atoms with Gasteiger partial charge in [-0.15, -0.1) is 0 Å².